The Labute approximate surface area is 161 Å². The fourth-order valence-corrected chi connectivity index (χ4v) is 2.30. The summed E-state index contributed by atoms with van der Waals surface area (Å²) in [6, 6.07) is 0. The van der Waals surface area contributed by atoms with E-state index < -0.39 is 0 Å². The molecule has 0 aromatic heterocycles. The van der Waals surface area contributed by atoms with Crippen LogP contribution in [0, 0.1) is 31.1 Å². The molecule has 0 saturated heterocycles. The smallest absolute Gasteiger partial charge is 0.346 e. The maximum atomic E-state index is 3.25. The van der Waals surface area contributed by atoms with Crippen LogP contribution >= 0.6 is 0 Å². The molecule has 0 aliphatic heterocycles. The Morgan fingerprint density at radius 1 is 1.11 bits per heavy atom. The van der Waals surface area contributed by atoms with Gasteiger partial charge in [0.15, 0.2) is 0 Å². The summed E-state index contributed by atoms with van der Waals surface area (Å²) in [4.78, 5) is 0. The molecule has 0 amide bonds. The van der Waals surface area contributed by atoms with E-state index in [9.17, 15) is 0 Å². The second-order valence-electron chi connectivity index (χ2n) is 5.45. The van der Waals surface area contributed by atoms with Crippen LogP contribution in [0.5, 0.6) is 0 Å². The Balaban J connectivity index is -0.000000329. The molecule has 1 rings (SSSR count). The minimum Gasteiger partial charge on any atom is -0.346 e. The molecule has 1 atom stereocenters. The van der Waals surface area contributed by atoms with Gasteiger partial charge in [0.2, 0.25) is 0 Å². The van der Waals surface area contributed by atoms with Gasteiger partial charge in [-0.2, -0.15) is 20.8 Å². The third-order valence-corrected chi connectivity index (χ3v) is 3.57. The number of hydrogen-bond donors (Lipinski definition) is 0. The Kier molecular flexibility index (Phi) is 25.5. The molecule has 1 aliphatic rings. The topological polar surface area (TPSA) is 0 Å². The van der Waals surface area contributed by atoms with Crippen LogP contribution < -0.4 is 51.4 Å². The summed E-state index contributed by atoms with van der Waals surface area (Å²) < 4.78 is 0. The summed E-state index contributed by atoms with van der Waals surface area (Å²) in [5, 5.41) is 0. The molecule has 0 bridgehead atoms. The SMILES string of the molecule is CCC(C)CC1CCC(C)CC1.C[CH-]C.[CH2-]C.[K+]. The van der Waals surface area contributed by atoms with Gasteiger partial charge in [-0.15, -0.1) is 0 Å². The van der Waals surface area contributed by atoms with Gasteiger partial charge in [-0.25, -0.2) is 0 Å². The molecule has 0 nitrogen and oxygen atoms in total. The zero-order chi connectivity index (χ0) is 13.7. The molecule has 1 aliphatic carbocycles. The zero-order valence-corrected chi connectivity index (χ0v) is 17.4. The quantitative estimate of drug-likeness (QED) is 0.549. The Morgan fingerprint density at radius 3 is 1.83 bits per heavy atom. The first-order valence-corrected chi connectivity index (χ1v) is 7.58. The van der Waals surface area contributed by atoms with E-state index in [1.54, 1.807) is 6.92 Å². The second-order valence-corrected chi connectivity index (χ2v) is 5.45. The van der Waals surface area contributed by atoms with Crippen molar-refractivity contribution in [1.29, 1.82) is 0 Å². The molecular formula is C17H36K-. The zero-order valence-electron chi connectivity index (χ0n) is 14.3. The van der Waals surface area contributed by atoms with Crippen LogP contribution in [0.2, 0.25) is 0 Å². The van der Waals surface area contributed by atoms with Gasteiger partial charge < -0.3 is 13.3 Å². The van der Waals surface area contributed by atoms with Gasteiger partial charge in [0.1, 0.15) is 0 Å². The van der Waals surface area contributed by atoms with Gasteiger partial charge in [-0.05, 0) is 24.2 Å². The largest absolute Gasteiger partial charge is 1.00 e. The van der Waals surface area contributed by atoms with E-state index in [4.69, 9.17) is 0 Å². The molecule has 106 valence electrons. The van der Waals surface area contributed by atoms with E-state index in [0.29, 0.717) is 0 Å². The van der Waals surface area contributed by atoms with Gasteiger partial charge in [0, 0.05) is 0 Å². The average Bonchev–Trinajstić information content (AvgIpc) is 2.35. The molecular weight excluding hydrogens is 243 g/mol. The van der Waals surface area contributed by atoms with E-state index in [1.807, 2.05) is 20.3 Å². The van der Waals surface area contributed by atoms with Crippen LogP contribution in [-0.2, 0) is 0 Å². The van der Waals surface area contributed by atoms with Crippen LogP contribution in [0.3, 0.4) is 0 Å². The van der Waals surface area contributed by atoms with Crippen molar-refractivity contribution in [2.45, 2.75) is 80.1 Å². The van der Waals surface area contributed by atoms with Crippen LogP contribution in [0.4, 0.5) is 0 Å². The first-order valence-electron chi connectivity index (χ1n) is 7.58. The molecule has 18 heavy (non-hydrogen) atoms. The standard InChI is InChI=1S/C12H24.C3H7.C2H5.K/c1-4-10(2)9-12-7-5-11(3)6-8-12;1-3-2;1-2;/h10-12H,4-9H2,1-3H3;3H,1-2H3;1H2,2H3;/q;2*-1;+1. The van der Waals surface area contributed by atoms with E-state index in [-0.39, 0.29) is 51.4 Å². The van der Waals surface area contributed by atoms with Crippen LogP contribution in [0.1, 0.15) is 80.1 Å². The Morgan fingerprint density at radius 2 is 1.50 bits per heavy atom. The minimum atomic E-state index is 0. The van der Waals surface area contributed by atoms with Crippen molar-refractivity contribution in [3.05, 3.63) is 13.3 Å². The summed E-state index contributed by atoms with van der Waals surface area (Å²) in [7, 11) is 0. The Hall–Kier alpha value is 1.64. The fraction of sp³-hybridized carbons (Fsp3) is 0.882. The summed E-state index contributed by atoms with van der Waals surface area (Å²) in [6.07, 6.45) is 10.8. The third kappa shape index (κ3) is 15.7. The van der Waals surface area contributed by atoms with Gasteiger partial charge in [-0.3, -0.25) is 0 Å². The minimum absolute atomic E-state index is 0. The van der Waals surface area contributed by atoms with Crippen molar-refractivity contribution in [2.75, 3.05) is 0 Å². The first kappa shape index (κ1) is 24.6. The molecule has 1 unspecified atom stereocenters. The van der Waals surface area contributed by atoms with Gasteiger partial charge in [-0.1, -0.05) is 52.9 Å². The summed E-state index contributed by atoms with van der Waals surface area (Å²) in [5.41, 5.74) is 0. The molecule has 0 heterocycles. The third-order valence-electron chi connectivity index (χ3n) is 3.57. The van der Waals surface area contributed by atoms with Crippen molar-refractivity contribution >= 4 is 0 Å². The molecule has 1 heteroatoms. The number of hydrogen-bond acceptors (Lipinski definition) is 0. The predicted octanol–water partition coefficient (Wildman–Crippen LogP) is 3.32. The normalized spacial score (nSPS) is 23.5. The van der Waals surface area contributed by atoms with Crippen LogP contribution in [0.15, 0.2) is 0 Å². The van der Waals surface area contributed by atoms with Crippen molar-refractivity contribution < 1.29 is 51.4 Å². The van der Waals surface area contributed by atoms with Crippen molar-refractivity contribution in [3.8, 4) is 0 Å². The summed E-state index contributed by atoms with van der Waals surface area (Å²) >= 11 is 0. The molecule has 1 fully saturated rings. The molecule has 0 spiro atoms. The fourth-order valence-electron chi connectivity index (χ4n) is 2.30. The average molecular weight is 280 g/mol. The van der Waals surface area contributed by atoms with Crippen LogP contribution in [0.25, 0.3) is 0 Å². The van der Waals surface area contributed by atoms with Crippen molar-refractivity contribution in [3.63, 3.8) is 0 Å². The molecule has 0 aromatic carbocycles. The van der Waals surface area contributed by atoms with Crippen molar-refractivity contribution in [2.24, 2.45) is 17.8 Å². The summed E-state index contributed by atoms with van der Waals surface area (Å²) in [6.45, 7) is 16.1. The summed E-state index contributed by atoms with van der Waals surface area (Å²) in [5.74, 6) is 3.04. The monoisotopic (exact) mass is 279 g/mol. The Bertz CT molecular complexity index is 126. The van der Waals surface area contributed by atoms with E-state index in [0.717, 1.165) is 17.8 Å². The van der Waals surface area contributed by atoms with Gasteiger partial charge >= 0.3 is 51.4 Å². The molecule has 0 aromatic rings. The molecule has 1 saturated carbocycles. The molecule has 0 radical (unpaired) electrons. The predicted molar refractivity (Wildman–Crippen MR) is 81.9 cm³/mol. The second kappa shape index (κ2) is 18.6. The maximum Gasteiger partial charge on any atom is 1.00 e. The van der Waals surface area contributed by atoms with E-state index >= 15 is 0 Å². The van der Waals surface area contributed by atoms with Crippen LogP contribution in [-0.4, -0.2) is 0 Å². The van der Waals surface area contributed by atoms with Gasteiger partial charge in [0.05, 0.1) is 0 Å². The van der Waals surface area contributed by atoms with E-state index in [1.165, 1.54) is 38.5 Å². The van der Waals surface area contributed by atoms with Gasteiger partial charge in [0.25, 0.3) is 0 Å². The van der Waals surface area contributed by atoms with E-state index in [2.05, 4.69) is 27.7 Å². The van der Waals surface area contributed by atoms with Crippen molar-refractivity contribution in [1.82, 2.24) is 0 Å². The maximum absolute atomic E-state index is 3.25. The molecule has 0 N–H and O–H groups in total. The first-order chi connectivity index (χ1) is 8.13. The number of rotatable bonds is 3.